The summed E-state index contributed by atoms with van der Waals surface area (Å²) >= 11 is 2.83. The molecular weight excluding hydrogens is 443 g/mol. The number of aliphatic hydroxyl groups is 1. The smallest absolute Gasteiger partial charge is 0.208 e. The molecule has 10 nitrogen and oxygen atoms in total. The summed E-state index contributed by atoms with van der Waals surface area (Å²) in [5.74, 6) is 0. The lowest BCUT2D eigenvalue weighted by molar-refractivity contribution is 0.112. The summed E-state index contributed by atoms with van der Waals surface area (Å²) in [6.45, 7) is 8.53. The van der Waals surface area contributed by atoms with Gasteiger partial charge in [-0.15, -0.1) is 29.6 Å². The lowest BCUT2D eigenvalue weighted by atomic mass is 10.3. The topological polar surface area (TPSA) is 102 Å². The number of hydrogen-bond donors (Lipinski definition) is 1. The molecule has 0 amide bonds. The van der Waals surface area contributed by atoms with Crippen molar-refractivity contribution in [2.45, 2.75) is 6.61 Å². The number of rotatable bonds is 4. The molecule has 1 N–H and O–H groups in total. The van der Waals surface area contributed by atoms with Crippen molar-refractivity contribution in [1.29, 1.82) is 0 Å². The van der Waals surface area contributed by atoms with Crippen LogP contribution in [0.5, 0.6) is 0 Å². The minimum Gasteiger partial charge on any atom is -0.389 e. The third-order valence-corrected chi connectivity index (χ3v) is 6.55. The quantitative estimate of drug-likeness (QED) is 0.493. The van der Waals surface area contributed by atoms with Gasteiger partial charge in [-0.2, -0.15) is 0 Å². The number of anilines is 2. The van der Waals surface area contributed by atoms with Gasteiger partial charge in [0.15, 0.2) is 11.3 Å². The molecule has 2 fully saturated rings. The second-order valence-corrected chi connectivity index (χ2v) is 8.79. The minimum atomic E-state index is -0.00852. The van der Waals surface area contributed by atoms with Crippen molar-refractivity contribution in [1.82, 2.24) is 30.2 Å². The molecular formula is C17H31N8O2PS2. The lowest BCUT2D eigenvalue weighted by Crippen LogP contribution is -2.44. The first-order chi connectivity index (χ1) is 15.0. The van der Waals surface area contributed by atoms with E-state index >= 15 is 0 Å². The Morgan fingerprint density at radius 1 is 0.933 bits per heavy atom. The molecule has 1 unspecified atom stereocenters. The van der Waals surface area contributed by atoms with Crippen LogP contribution in [0.4, 0.5) is 10.3 Å². The Balaban J connectivity index is 0.000000196. The van der Waals surface area contributed by atoms with Crippen LogP contribution in [-0.2, 0) is 6.61 Å². The Bertz CT molecular complexity index is 767. The number of carbonyl (C=O) groups excluding carboxylic acids is 1. The maximum Gasteiger partial charge on any atom is 0.208 e. The minimum absolute atomic E-state index is 0.00852. The van der Waals surface area contributed by atoms with Gasteiger partial charge in [-0.25, -0.2) is 0 Å². The zero-order valence-electron chi connectivity index (χ0n) is 18.5. The van der Waals surface area contributed by atoms with Crippen LogP contribution in [0, 0.1) is 0 Å². The van der Waals surface area contributed by atoms with E-state index in [0.717, 1.165) is 68.9 Å². The molecule has 2 saturated heterocycles. The molecule has 2 aliphatic heterocycles. The summed E-state index contributed by atoms with van der Waals surface area (Å²) in [6, 6.07) is 0. The van der Waals surface area contributed by atoms with E-state index in [1.54, 1.807) is 0 Å². The number of carbonyl (C=O) groups is 1. The zero-order valence-corrected chi connectivity index (χ0v) is 20.3. The Hall–Kier alpha value is -1.30. The van der Waals surface area contributed by atoms with Gasteiger partial charge in [-0.1, -0.05) is 29.3 Å². The highest BCUT2D eigenvalue weighted by molar-refractivity contribution is 7.16. The predicted molar refractivity (Wildman–Crippen MR) is 126 cm³/mol. The molecule has 0 aromatic carbocycles. The van der Waals surface area contributed by atoms with Gasteiger partial charge in [0.25, 0.3) is 0 Å². The molecule has 2 aromatic heterocycles. The molecule has 1 atom stereocenters. The Labute approximate surface area is 189 Å². The first kappa shape index (κ1) is 23.4. The average Bonchev–Trinajstić information content (AvgIpc) is 3.46. The van der Waals surface area contributed by atoms with Crippen LogP contribution < -0.4 is 9.80 Å². The van der Waals surface area contributed by atoms with Crippen molar-refractivity contribution in [3.63, 3.8) is 0 Å². The highest BCUT2D eigenvalue weighted by atomic mass is 32.1. The van der Waals surface area contributed by atoms with E-state index in [1.165, 1.54) is 22.7 Å². The summed E-state index contributed by atoms with van der Waals surface area (Å²) in [5, 5.41) is 27.5. The fourth-order valence-corrected chi connectivity index (χ4v) is 4.29. The van der Waals surface area contributed by atoms with Gasteiger partial charge in [0, 0.05) is 53.7 Å². The summed E-state index contributed by atoms with van der Waals surface area (Å²) in [5.41, 5.74) is 0. The second-order valence-electron chi connectivity index (χ2n) is 6.76. The summed E-state index contributed by atoms with van der Waals surface area (Å²) in [4.78, 5) is 19.4. The maximum atomic E-state index is 10.4. The largest absolute Gasteiger partial charge is 0.389 e. The fraction of sp³-hybridized carbons (Fsp3) is 0.706. The Kier molecular flexibility index (Phi) is 10.3. The van der Waals surface area contributed by atoms with Crippen molar-refractivity contribution >= 4 is 48.5 Å². The Morgan fingerprint density at radius 2 is 1.40 bits per heavy atom. The van der Waals surface area contributed by atoms with Gasteiger partial charge in [0.05, 0.1) is 6.61 Å². The standard InChI is InChI=1S/C8H14N4OS.C8H12N4OS.CH5P/c2*1-11-2-4-12(5-3-11)8-10-9-7(6-13)14-8;1-2/h13H,2-6H2,1H3;6H,2-5H2,1H3;2H2,1H3/i;;1D. The lowest BCUT2D eigenvalue weighted by Gasteiger charge is -2.31. The molecule has 30 heavy (non-hydrogen) atoms. The van der Waals surface area contributed by atoms with Crippen LogP contribution in [0.1, 0.15) is 16.2 Å². The van der Waals surface area contributed by atoms with Crippen molar-refractivity contribution < 1.29 is 11.3 Å². The van der Waals surface area contributed by atoms with Gasteiger partial charge in [0.1, 0.15) is 5.01 Å². The van der Waals surface area contributed by atoms with E-state index in [9.17, 15) is 4.79 Å². The number of nitrogens with zero attached hydrogens (tertiary/aromatic N) is 8. The van der Waals surface area contributed by atoms with E-state index in [4.69, 9.17) is 6.48 Å². The molecule has 2 aromatic rings. The number of aromatic nitrogens is 4. The van der Waals surface area contributed by atoms with Crippen molar-refractivity contribution in [2.75, 3.05) is 82.9 Å². The van der Waals surface area contributed by atoms with E-state index in [0.29, 0.717) is 16.7 Å². The fourth-order valence-electron chi connectivity index (χ4n) is 2.83. The molecule has 0 saturated carbocycles. The average molecular weight is 476 g/mol. The van der Waals surface area contributed by atoms with Crippen LogP contribution in [0.25, 0.3) is 0 Å². The van der Waals surface area contributed by atoms with Crippen molar-refractivity contribution in [3.05, 3.63) is 10.0 Å². The molecule has 0 radical (unpaired) electrons. The highest BCUT2D eigenvalue weighted by Crippen LogP contribution is 2.21. The predicted octanol–water partition coefficient (Wildman–Crippen LogP) is 0.376. The SMILES string of the molecule is CN1CCN(c2nnc(C=O)s2)CC1.CN1CCN(c2nnc(CO)s2)CC1.[2H]CP. The monoisotopic (exact) mass is 475 g/mol. The van der Waals surface area contributed by atoms with E-state index in [2.05, 4.69) is 63.3 Å². The first-order valence-corrected chi connectivity index (χ1v) is 12.0. The normalized spacial score (nSPS) is 18.1. The molecule has 4 rings (SSSR count). The van der Waals surface area contributed by atoms with Gasteiger partial charge in [0.2, 0.25) is 10.3 Å². The number of likely N-dealkylation sites (N-methyl/N-ethyl adjacent to an activating group) is 2. The molecule has 13 heteroatoms. The third kappa shape index (κ3) is 7.44. The zero-order chi connectivity index (χ0) is 22.6. The van der Waals surface area contributed by atoms with Gasteiger partial charge < -0.3 is 24.7 Å². The molecule has 0 spiro atoms. The summed E-state index contributed by atoms with van der Waals surface area (Å²) in [7, 11) is 6.47. The maximum absolute atomic E-state index is 10.4. The van der Waals surface area contributed by atoms with Gasteiger partial charge >= 0.3 is 0 Å². The molecule has 0 aliphatic carbocycles. The number of hydrogen-bond acceptors (Lipinski definition) is 12. The van der Waals surface area contributed by atoms with Crippen LogP contribution in [0.3, 0.4) is 0 Å². The third-order valence-electron chi connectivity index (χ3n) is 4.67. The summed E-state index contributed by atoms with van der Waals surface area (Å²) < 4.78 is 6.17. The van der Waals surface area contributed by atoms with Crippen LogP contribution in [0.15, 0.2) is 0 Å². The van der Waals surface area contributed by atoms with Crippen LogP contribution >= 0.6 is 31.9 Å². The van der Waals surface area contributed by atoms with Crippen molar-refractivity contribution in [3.8, 4) is 0 Å². The summed E-state index contributed by atoms with van der Waals surface area (Å²) in [6.07, 6.45) is 0.747. The highest BCUT2D eigenvalue weighted by Gasteiger charge is 2.18. The van der Waals surface area contributed by atoms with Gasteiger partial charge in [-0.3, -0.25) is 4.79 Å². The number of aliphatic hydroxyl groups excluding tert-OH is 1. The molecule has 2 aliphatic rings. The molecule has 168 valence electrons. The Morgan fingerprint density at radius 3 is 1.80 bits per heavy atom. The number of piperazine rings is 2. The van der Waals surface area contributed by atoms with Crippen LogP contribution in [-0.4, -0.2) is 115 Å². The molecule has 4 heterocycles. The first-order valence-electron chi connectivity index (χ1n) is 10.3. The van der Waals surface area contributed by atoms with Gasteiger partial charge in [-0.05, 0) is 14.1 Å². The number of aldehydes is 1. The van der Waals surface area contributed by atoms with E-state index in [1.807, 2.05) is 0 Å². The van der Waals surface area contributed by atoms with Crippen molar-refractivity contribution in [2.24, 2.45) is 0 Å². The van der Waals surface area contributed by atoms with E-state index in [-0.39, 0.29) is 6.61 Å². The molecule has 0 bridgehead atoms. The van der Waals surface area contributed by atoms with E-state index < -0.39 is 0 Å². The van der Waals surface area contributed by atoms with Crippen LogP contribution in [0.2, 0.25) is 0 Å². The second kappa shape index (κ2) is 13.2.